The topological polar surface area (TPSA) is 75.4 Å². The summed E-state index contributed by atoms with van der Waals surface area (Å²) in [6.07, 6.45) is 2.02. The van der Waals surface area contributed by atoms with Crippen molar-refractivity contribution in [2.45, 2.75) is 19.8 Å². The first-order valence-electron chi connectivity index (χ1n) is 4.06. The second kappa shape index (κ2) is 4.49. The molecule has 0 saturated heterocycles. The normalized spacial score (nSPS) is 9.92. The van der Waals surface area contributed by atoms with Gasteiger partial charge < -0.3 is 14.8 Å². The van der Waals surface area contributed by atoms with Crippen LogP contribution < -0.4 is 5.32 Å². The van der Waals surface area contributed by atoms with Crippen molar-refractivity contribution in [3.63, 3.8) is 0 Å². The smallest absolute Gasteiger partial charge is 0.404 e. The van der Waals surface area contributed by atoms with E-state index in [1.54, 1.807) is 6.20 Å². The average Bonchev–Trinajstić information content (AvgIpc) is 2.45. The summed E-state index contributed by atoms with van der Waals surface area (Å²) in [5.41, 5.74) is 0. The summed E-state index contributed by atoms with van der Waals surface area (Å²) in [5, 5.41) is 10.5. The van der Waals surface area contributed by atoms with Gasteiger partial charge in [0.15, 0.2) is 5.89 Å². The molecule has 5 nitrogen and oxygen atoms in total. The number of carboxylic acid groups (broad SMARTS) is 1. The van der Waals surface area contributed by atoms with Crippen LogP contribution in [0.3, 0.4) is 0 Å². The van der Waals surface area contributed by atoms with Crippen molar-refractivity contribution in [1.29, 1.82) is 0 Å². The van der Waals surface area contributed by atoms with Crippen LogP contribution in [0.5, 0.6) is 0 Å². The van der Waals surface area contributed by atoms with Gasteiger partial charge in [-0.2, -0.15) is 0 Å². The minimum absolute atomic E-state index is 0.427. The Labute approximate surface area is 75.8 Å². The molecule has 72 valence electrons. The third kappa shape index (κ3) is 3.59. The van der Waals surface area contributed by atoms with Crippen molar-refractivity contribution in [2.75, 3.05) is 6.54 Å². The molecular weight excluding hydrogens is 172 g/mol. The Morgan fingerprint density at radius 3 is 3.08 bits per heavy atom. The van der Waals surface area contributed by atoms with Gasteiger partial charge in [-0.15, -0.1) is 0 Å². The molecule has 5 heteroatoms. The van der Waals surface area contributed by atoms with Crippen LogP contribution in [0.15, 0.2) is 10.6 Å². The summed E-state index contributed by atoms with van der Waals surface area (Å²) in [6, 6.07) is 0. The van der Waals surface area contributed by atoms with Crippen LogP contribution >= 0.6 is 0 Å². The number of aryl methyl sites for hydroxylation is 2. The highest BCUT2D eigenvalue weighted by Gasteiger charge is 2.00. The number of carbonyl (C=O) groups is 1. The number of rotatable bonds is 4. The van der Waals surface area contributed by atoms with Crippen LogP contribution in [0.1, 0.15) is 18.1 Å². The van der Waals surface area contributed by atoms with E-state index in [2.05, 4.69) is 10.3 Å². The fourth-order valence-electron chi connectivity index (χ4n) is 0.952. The Kier molecular flexibility index (Phi) is 3.31. The fraction of sp³-hybridized carbons (Fsp3) is 0.500. The quantitative estimate of drug-likeness (QED) is 0.689. The minimum atomic E-state index is -0.997. The molecule has 0 atom stereocenters. The van der Waals surface area contributed by atoms with Gasteiger partial charge in [-0.1, -0.05) is 0 Å². The van der Waals surface area contributed by atoms with Crippen molar-refractivity contribution in [1.82, 2.24) is 10.3 Å². The van der Waals surface area contributed by atoms with Crippen LogP contribution in [0.2, 0.25) is 0 Å². The van der Waals surface area contributed by atoms with Gasteiger partial charge in [0, 0.05) is 13.0 Å². The molecule has 0 bridgehead atoms. The van der Waals surface area contributed by atoms with Crippen LogP contribution in [0, 0.1) is 6.92 Å². The van der Waals surface area contributed by atoms with Gasteiger partial charge in [0.1, 0.15) is 5.76 Å². The van der Waals surface area contributed by atoms with Crippen LogP contribution in [-0.2, 0) is 6.42 Å². The molecule has 1 amide bonds. The summed E-state index contributed by atoms with van der Waals surface area (Å²) in [5.74, 6) is 1.44. The molecule has 13 heavy (non-hydrogen) atoms. The summed E-state index contributed by atoms with van der Waals surface area (Å²) in [4.78, 5) is 14.1. The summed E-state index contributed by atoms with van der Waals surface area (Å²) in [7, 11) is 0. The van der Waals surface area contributed by atoms with E-state index >= 15 is 0 Å². The molecule has 0 aliphatic heterocycles. The van der Waals surface area contributed by atoms with Crippen LogP contribution in [0.25, 0.3) is 0 Å². The van der Waals surface area contributed by atoms with Crippen molar-refractivity contribution >= 4 is 6.09 Å². The molecule has 0 saturated carbocycles. The summed E-state index contributed by atoms with van der Waals surface area (Å²) in [6.45, 7) is 2.25. The molecule has 1 rings (SSSR count). The van der Waals surface area contributed by atoms with Gasteiger partial charge in [0.05, 0.1) is 6.20 Å². The number of nitrogens with one attached hydrogen (secondary N) is 1. The lowest BCUT2D eigenvalue weighted by atomic mass is 10.3. The SMILES string of the molecule is Cc1cnc(CCCNC(=O)O)o1. The van der Waals surface area contributed by atoms with Gasteiger partial charge in [0.25, 0.3) is 0 Å². The molecule has 1 aromatic rings. The van der Waals surface area contributed by atoms with E-state index in [0.29, 0.717) is 25.3 Å². The maximum Gasteiger partial charge on any atom is 0.404 e. The molecule has 0 spiro atoms. The molecule has 0 aliphatic rings. The van der Waals surface area contributed by atoms with E-state index in [-0.39, 0.29) is 0 Å². The van der Waals surface area contributed by atoms with E-state index in [1.165, 1.54) is 0 Å². The number of hydrogen-bond acceptors (Lipinski definition) is 3. The predicted molar refractivity (Wildman–Crippen MR) is 45.6 cm³/mol. The highest BCUT2D eigenvalue weighted by Crippen LogP contribution is 2.03. The zero-order valence-corrected chi connectivity index (χ0v) is 7.41. The minimum Gasteiger partial charge on any atom is -0.465 e. The Morgan fingerprint density at radius 2 is 2.54 bits per heavy atom. The Balaban J connectivity index is 2.16. The van der Waals surface area contributed by atoms with Crippen LogP contribution in [-0.4, -0.2) is 22.7 Å². The third-order valence-electron chi connectivity index (χ3n) is 1.51. The van der Waals surface area contributed by atoms with E-state index < -0.39 is 6.09 Å². The lowest BCUT2D eigenvalue weighted by molar-refractivity contribution is 0.194. The largest absolute Gasteiger partial charge is 0.465 e. The maximum absolute atomic E-state index is 10.1. The summed E-state index contributed by atoms with van der Waals surface area (Å²) >= 11 is 0. The average molecular weight is 184 g/mol. The highest BCUT2D eigenvalue weighted by atomic mass is 16.4. The van der Waals surface area contributed by atoms with Gasteiger partial charge in [-0.25, -0.2) is 9.78 Å². The lowest BCUT2D eigenvalue weighted by Crippen LogP contribution is -2.22. The molecular formula is C8H12N2O3. The van der Waals surface area contributed by atoms with Crippen molar-refractivity contribution in [3.05, 3.63) is 17.8 Å². The second-order valence-corrected chi connectivity index (χ2v) is 2.70. The van der Waals surface area contributed by atoms with Gasteiger partial charge in [0.2, 0.25) is 0 Å². The standard InChI is InChI=1S/C8H12N2O3/c1-6-5-10-7(13-6)3-2-4-9-8(11)12/h5,9H,2-4H2,1H3,(H,11,12). The molecule has 0 fully saturated rings. The second-order valence-electron chi connectivity index (χ2n) is 2.70. The van der Waals surface area contributed by atoms with Crippen molar-refractivity contribution in [3.8, 4) is 0 Å². The van der Waals surface area contributed by atoms with E-state index in [4.69, 9.17) is 9.52 Å². The number of oxazole rings is 1. The van der Waals surface area contributed by atoms with E-state index in [0.717, 1.165) is 5.76 Å². The van der Waals surface area contributed by atoms with Gasteiger partial charge >= 0.3 is 6.09 Å². The van der Waals surface area contributed by atoms with Crippen LogP contribution in [0.4, 0.5) is 4.79 Å². The number of hydrogen-bond donors (Lipinski definition) is 2. The van der Waals surface area contributed by atoms with Gasteiger partial charge in [-0.3, -0.25) is 0 Å². The van der Waals surface area contributed by atoms with Crippen molar-refractivity contribution in [2.24, 2.45) is 0 Å². The van der Waals surface area contributed by atoms with Gasteiger partial charge in [-0.05, 0) is 13.3 Å². The van der Waals surface area contributed by atoms with E-state index in [1.807, 2.05) is 6.92 Å². The van der Waals surface area contributed by atoms with Crippen molar-refractivity contribution < 1.29 is 14.3 Å². The fourth-order valence-corrected chi connectivity index (χ4v) is 0.952. The number of amides is 1. The molecule has 2 N–H and O–H groups in total. The third-order valence-corrected chi connectivity index (χ3v) is 1.51. The van der Waals surface area contributed by atoms with E-state index in [9.17, 15) is 4.79 Å². The molecule has 1 aromatic heterocycles. The zero-order valence-electron chi connectivity index (χ0n) is 7.41. The molecule has 0 aliphatic carbocycles. The Hall–Kier alpha value is -1.52. The summed E-state index contributed by atoms with van der Waals surface area (Å²) < 4.78 is 5.20. The first kappa shape index (κ1) is 9.57. The molecule has 0 radical (unpaired) electrons. The molecule has 1 heterocycles. The predicted octanol–water partition coefficient (Wildman–Crippen LogP) is 1.18. The first-order valence-corrected chi connectivity index (χ1v) is 4.06. The zero-order chi connectivity index (χ0) is 9.68. The molecule has 0 unspecified atom stereocenters. The monoisotopic (exact) mass is 184 g/mol. The first-order chi connectivity index (χ1) is 6.18. The number of aromatic nitrogens is 1. The Morgan fingerprint density at radius 1 is 1.77 bits per heavy atom. The highest BCUT2D eigenvalue weighted by molar-refractivity contribution is 5.64. The lowest BCUT2D eigenvalue weighted by Gasteiger charge is -1.97. The molecule has 0 aromatic carbocycles. The Bertz CT molecular complexity index is 283. The maximum atomic E-state index is 10.1. The number of nitrogens with zero attached hydrogens (tertiary/aromatic N) is 1.